The van der Waals surface area contributed by atoms with E-state index in [0.717, 1.165) is 0 Å². The van der Waals surface area contributed by atoms with Crippen molar-refractivity contribution in [1.29, 1.82) is 0 Å². The van der Waals surface area contributed by atoms with E-state index in [1.165, 1.54) is 12.1 Å². The highest BCUT2D eigenvalue weighted by Crippen LogP contribution is 2.27. The van der Waals surface area contributed by atoms with Crippen LogP contribution in [-0.4, -0.2) is 11.2 Å². The van der Waals surface area contributed by atoms with Crippen molar-refractivity contribution in [3.8, 4) is 0 Å². The fourth-order valence-corrected chi connectivity index (χ4v) is 1.78. The van der Waals surface area contributed by atoms with E-state index in [9.17, 15) is 9.18 Å². The summed E-state index contributed by atoms with van der Waals surface area (Å²) in [6.07, 6.45) is 0.326. The van der Waals surface area contributed by atoms with E-state index in [1.807, 2.05) is 0 Å². The summed E-state index contributed by atoms with van der Waals surface area (Å²) in [6.45, 7) is 0. The number of hydrogen-bond donors (Lipinski definition) is 1. The van der Waals surface area contributed by atoms with Crippen LogP contribution in [0.15, 0.2) is 12.1 Å². The lowest BCUT2D eigenvalue weighted by Crippen LogP contribution is -2.11. The van der Waals surface area contributed by atoms with Gasteiger partial charge < -0.3 is 5.32 Å². The van der Waals surface area contributed by atoms with Gasteiger partial charge in [-0.3, -0.25) is 4.79 Å². The molecule has 2 nitrogen and oxygen atoms in total. The smallest absolute Gasteiger partial charge is 0.225 e. The van der Waals surface area contributed by atoms with Crippen molar-refractivity contribution in [2.24, 2.45) is 0 Å². The molecular weight excluding hydrogens is 308 g/mol. The van der Waals surface area contributed by atoms with Gasteiger partial charge in [-0.25, -0.2) is 4.39 Å². The summed E-state index contributed by atoms with van der Waals surface area (Å²) in [4.78, 5) is 11.2. The van der Waals surface area contributed by atoms with E-state index in [1.54, 1.807) is 0 Å². The second-order valence-corrected chi connectivity index (χ2v) is 4.35. The van der Waals surface area contributed by atoms with Crippen molar-refractivity contribution in [3.63, 3.8) is 0 Å². The fraction of sp³-hybridized carbons (Fsp3) is 0.222. The first kappa shape index (κ1) is 12.7. The minimum Gasteiger partial charge on any atom is -0.326 e. The zero-order valence-electron chi connectivity index (χ0n) is 7.49. The van der Waals surface area contributed by atoms with Gasteiger partial charge in [0.15, 0.2) is 5.82 Å². The molecule has 6 heteroatoms. The first-order valence-electron chi connectivity index (χ1n) is 4.05. The molecule has 0 bridgehead atoms. The van der Waals surface area contributed by atoms with Gasteiger partial charge in [0, 0.05) is 17.4 Å². The van der Waals surface area contributed by atoms with Crippen LogP contribution in [0, 0.1) is 5.82 Å². The molecule has 1 amide bonds. The number of amides is 1. The van der Waals surface area contributed by atoms with Gasteiger partial charge in [0.05, 0.1) is 10.0 Å². The second-order valence-electron chi connectivity index (χ2n) is 2.74. The molecule has 0 aliphatic rings. The maximum atomic E-state index is 13.0. The number of alkyl halides is 1. The number of anilines is 1. The van der Waals surface area contributed by atoms with Gasteiger partial charge in [0.1, 0.15) is 0 Å². The van der Waals surface area contributed by atoms with Crippen molar-refractivity contribution in [2.75, 3.05) is 10.6 Å². The second kappa shape index (κ2) is 5.68. The Morgan fingerprint density at radius 2 is 1.93 bits per heavy atom. The average Bonchev–Trinajstić information content (AvgIpc) is 2.14. The molecule has 0 unspecified atom stereocenters. The Morgan fingerprint density at radius 3 is 2.40 bits per heavy atom. The summed E-state index contributed by atoms with van der Waals surface area (Å²) in [6, 6.07) is 2.63. The van der Waals surface area contributed by atoms with E-state index in [0.29, 0.717) is 17.4 Å². The quantitative estimate of drug-likeness (QED) is 0.666. The van der Waals surface area contributed by atoms with Crippen LogP contribution in [-0.2, 0) is 4.79 Å². The lowest BCUT2D eigenvalue weighted by molar-refractivity contribution is -0.115. The number of halogens is 4. The van der Waals surface area contributed by atoms with Gasteiger partial charge in [0.2, 0.25) is 5.91 Å². The van der Waals surface area contributed by atoms with Crippen LogP contribution in [0.25, 0.3) is 0 Å². The summed E-state index contributed by atoms with van der Waals surface area (Å²) in [5, 5.41) is 2.88. The molecule has 0 saturated carbocycles. The summed E-state index contributed by atoms with van der Waals surface area (Å²) < 4.78 is 13.0. The third-order valence-electron chi connectivity index (χ3n) is 1.59. The van der Waals surface area contributed by atoms with E-state index >= 15 is 0 Å². The highest BCUT2D eigenvalue weighted by molar-refractivity contribution is 9.09. The molecule has 1 rings (SSSR count). The van der Waals surface area contributed by atoms with E-state index < -0.39 is 5.82 Å². The normalized spacial score (nSPS) is 10.1. The van der Waals surface area contributed by atoms with Crippen LogP contribution in [0.2, 0.25) is 10.0 Å². The SMILES string of the molecule is O=C(CCBr)Nc1cc(Cl)c(F)c(Cl)c1. The highest BCUT2D eigenvalue weighted by Gasteiger charge is 2.09. The number of carbonyl (C=O) groups excluding carboxylic acids is 1. The molecule has 82 valence electrons. The van der Waals surface area contributed by atoms with Crippen LogP contribution in [0.5, 0.6) is 0 Å². The van der Waals surface area contributed by atoms with Gasteiger partial charge in [0.25, 0.3) is 0 Å². The first-order valence-corrected chi connectivity index (χ1v) is 5.92. The average molecular weight is 315 g/mol. The largest absolute Gasteiger partial charge is 0.326 e. The van der Waals surface area contributed by atoms with Crippen molar-refractivity contribution in [3.05, 3.63) is 28.0 Å². The summed E-state index contributed by atoms with van der Waals surface area (Å²) >= 11 is 14.3. The van der Waals surface area contributed by atoms with Gasteiger partial charge in [-0.2, -0.15) is 0 Å². The molecule has 1 aromatic rings. The Morgan fingerprint density at radius 1 is 1.40 bits per heavy atom. The van der Waals surface area contributed by atoms with E-state index in [4.69, 9.17) is 23.2 Å². The minimum atomic E-state index is -0.683. The molecule has 0 aromatic heterocycles. The van der Waals surface area contributed by atoms with Gasteiger partial charge in [-0.15, -0.1) is 0 Å². The lowest BCUT2D eigenvalue weighted by Gasteiger charge is -2.06. The molecule has 15 heavy (non-hydrogen) atoms. The standard InChI is InChI=1S/C9H7BrCl2FNO/c10-2-1-8(15)14-5-3-6(11)9(13)7(12)4-5/h3-4H,1-2H2,(H,14,15). The fourth-order valence-electron chi connectivity index (χ4n) is 0.937. The van der Waals surface area contributed by atoms with E-state index in [-0.39, 0.29) is 16.0 Å². The van der Waals surface area contributed by atoms with Crippen LogP contribution in [0.3, 0.4) is 0 Å². The van der Waals surface area contributed by atoms with Crippen LogP contribution in [0.1, 0.15) is 6.42 Å². The Hall–Kier alpha value is -0.320. The predicted molar refractivity (Wildman–Crippen MR) is 63.5 cm³/mol. The van der Waals surface area contributed by atoms with Crippen molar-refractivity contribution in [1.82, 2.24) is 0 Å². The molecule has 0 atom stereocenters. The zero-order valence-corrected chi connectivity index (χ0v) is 10.6. The van der Waals surface area contributed by atoms with Crippen LogP contribution < -0.4 is 5.32 Å². The summed E-state index contributed by atoms with van der Waals surface area (Å²) in [7, 11) is 0. The number of benzene rings is 1. The Balaban J connectivity index is 2.83. The minimum absolute atomic E-state index is 0.114. The third kappa shape index (κ3) is 3.63. The molecule has 1 N–H and O–H groups in total. The number of hydrogen-bond acceptors (Lipinski definition) is 1. The Kier molecular flexibility index (Phi) is 4.83. The molecule has 0 aliphatic carbocycles. The molecule has 1 aromatic carbocycles. The highest BCUT2D eigenvalue weighted by atomic mass is 79.9. The molecule has 0 aliphatic heterocycles. The lowest BCUT2D eigenvalue weighted by atomic mass is 10.3. The first-order chi connectivity index (χ1) is 7.04. The number of nitrogens with one attached hydrogen (secondary N) is 1. The molecular formula is C9H7BrCl2FNO. The maximum absolute atomic E-state index is 13.0. The van der Waals surface area contributed by atoms with Crippen molar-refractivity contribution in [2.45, 2.75) is 6.42 Å². The van der Waals surface area contributed by atoms with Crippen molar-refractivity contribution >= 4 is 50.7 Å². The summed E-state index contributed by atoms with van der Waals surface area (Å²) in [5.41, 5.74) is 0.386. The predicted octanol–water partition coefficient (Wildman–Crippen LogP) is 3.86. The van der Waals surface area contributed by atoms with Gasteiger partial charge in [-0.05, 0) is 12.1 Å². The van der Waals surface area contributed by atoms with Crippen molar-refractivity contribution < 1.29 is 9.18 Å². The Bertz CT molecular complexity index is 363. The maximum Gasteiger partial charge on any atom is 0.225 e. The third-order valence-corrected chi connectivity index (χ3v) is 2.54. The van der Waals surface area contributed by atoms with Gasteiger partial charge >= 0.3 is 0 Å². The Labute approximate surface area is 105 Å². The summed E-state index contributed by atoms with van der Waals surface area (Å²) in [5.74, 6) is -0.873. The van der Waals surface area contributed by atoms with Crippen LogP contribution in [0.4, 0.5) is 10.1 Å². The molecule has 0 fully saturated rings. The monoisotopic (exact) mass is 313 g/mol. The van der Waals surface area contributed by atoms with E-state index in [2.05, 4.69) is 21.2 Å². The van der Waals surface area contributed by atoms with Crippen LogP contribution >= 0.6 is 39.1 Å². The number of carbonyl (C=O) groups is 1. The zero-order chi connectivity index (χ0) is 11.4. The molecule has 0 saturated heterocycles. The molecule has 0 heterocycles. The topological polar surface area (TPSA) is 29.1 Å². The number of rotatable bonds is 3. The molecule has 0 radical (unpaired) electrons. The molecule has 0 spiro atoms. The van der Waals surface area contributed by atoms with Gasteiger partial charge in [-0.1, -0.05) is 39.1 Å².